The average Bonchev–Trinajstić information content (AvgIpc) is 2.67. The van der Waals surface area contributed by atoms with Gasteiger partial charge in [0, 0.05) is 11.4 Å². The molecule has 0 radical (unpaired) electrons. The number of phenolic OH excluding ortho intramolecular Hbond substituents is 1. The summed E-state index contributed by atoms with van der Waals surface area (Å²) in [7, 11) is 0. The summed E-state index contributed by atoms with van der Waals surface area (Å²) < 4.78 is 5.90. The molecular formula is C22H24BrN3O4. The summed E-state index contributed by atoms with van der Waals surface area (Å²) in [5.41, 5.74) is 4.16. The van der Waals surface area contributed by atoms with Crippen LogP contribution in [0.15, 0.2) is 46.1 Å². The van der Waals surface area contributed by atoms with Crippen molar-refractivity contribution in [2.24, 2.45) is 0 Å². The molecule has 1 aliphatic rings. The second-order valence-corrected chi connectivity index (χ2v) is 7.98. The van der Waals surface area contributed by atoms with Crippen LogP contribution in [0.5, 0.6) is 11.5 Å². The van der Waals surface area contributed by atoms with E-state index in [1.165, 1.54) is 0 Å². The second-order valence-electron chi connectivity index (χ2n) is 7.13. The first kappa shape index (κ1) is 21.7. The minimum Gasteiger partial charge on any atom is -0.503 e. The van der Waals surface area contributed by atoms with Gasteiger partial charge in [0.15, 0.2) is 11.5 Å². The van der Waals surface area contributed by atoms with Gasteiger partial charge in [-0.15, -0.1) is 0 Å². The zero-order chi connectivity index (χ0) is 22.0. The minimum atomic E-state index is -0.722. The molecule has 2 aromatic carbocycles. The number of ether oxygens (including phenoxy) is 1. The summed E-state index contributed by atoms with van der Waals surface area (Å²) in [5.74, 6) is -0.108. The topological polar surface area (TPSA) is 99.7 Å². The highest BCUT2D eigenvalue weighted by Gasteiger charge is 2.32. The molecule has 7 nitrogen and oxygen atoms in total. The SMILES string of the molecule is CCOc1cc([C@H]2NC(=O)NC(C)=C2C(=O)Nc2ccc(C)cc2C)cc(Br)c1O. The molecule has 2 aromatic rings. The fourth-order valence-electron chi connectivity index (χ4n) is 3.41. The zero-order valence-electron chi connectivity index (χ0n) is 17.2. The number of aryl methyl sites for hydroxylation is 2. The molecule has 0 saturated carbocycles. The van der Waals surface area contributed by atoms with E-state index in [1.54, 1.807) is 26.0 Å². The highest BCUT2D eigenvalue weighted by atomic mass is 79.9. The first-order valence-corrected chi connectivity index (χ1v) is 10.3. The number of rotatable bonds is 5. The molecule has 1 aliphatic heterocycles. The molecule has 30 heavy (non-hydrogen) atoms. The molecule has 8 heteroatoms. The van der Waals surface area contributed by atoms with Crippen molar-refractivity contribution in [2.45, 2.75) is 33.7 Å². The molecule has 0 aliphatic carbocycles. The van der Waals surface area contributed by atoms with Gasteiger partial charge in [-0.3, -0.25) is 4.79 Å². The lowest BCUT2D eigenvalue weighted by molar-refractivity contribution is -0.113. The van der Waals surface area contributed by atoms with Gasteiger partial charge in [0.05, 0.1) is 22.7 Å². The number of urea groups is 1. The second kappa shape index (κ2) is 8.79. The van der Waals surface area contributed by atoms with E-state index >= 15 is 0 Å². The normalized spacial score (nSPS) is 16.0. The molecular weight excluding hydrogens is 450 g/mol. The number of amides is 3. The van der Waals surface area contributed by atoms with Crippen molar-refractivity contribution in [1.29, 1.82) is 0 Å². The number of nitrogens with one attached hydrogen (secondary N) is 3. The van der Waals surface area contributed by atoms with Gasteiger partial charge in [0.2, 0.25) is 0 Å². The predicted octanol–water partition coefficient (Wildman–Crippen LogP) is 4.44. The quantitative estimate of drug-likeness (QED) is 0.515. The Bertz CT molecular complexity index is 1050. The fraction of sp³-hybridized carbons (Fsp3) is 0.273. The Morgan fingerprint density at radius 1 is 1.23 bits per heavy atom. The molecule has 0 unspecified atom stereocenters. The van der Waals surface area contributed by atoms with Crippen molar-refractivity contribution in [3.05, 3.63) is 62.8 Å². The summed E-state index contributed by atoms with van der Waals surface area (Å²) in [6, 6.07) is 7.91. The molecule has 3 rings (SSSR count). The van der Waals surface area contributed by atoms with Crippen molar-refractivity contribution < 1.29 is 19.4 Å². The van der Waals surface area contributed by atoms with Crippen molar-refractivity contribution in [1.82, 2.24) is 10.6 Å². The number of halogens is 1. The molecule has 0 spiro atoms. The van der Waals surface area contributed by atoms with Gasteiger partial charge in [-0.2, -0.15) is 0 Å². The van der Waals surface area contributed by atoms with Crippen LogP contribution in [0, 0.1) is 13.8 Å². The van der Waals surface area contributed by atoms with Crippen molar-refractivity contribution >= 4 is 33.6 Å². The van der Waals surface area contributed by atoms with Gasteiger partial charge in [-0.05, 0) is 73.0 Å². The van der Waals surface area contributed by atoms with E-state index in [2.05, 4.69) is 31.9 Å². The predicted molar refractivity (Wildman–Crippen MR) is 119 cm³/mol. The number of allylic oxidation sites excluding steroid dienone is 1. The summed E-state index contributed by atoms with van der Waals surface area (Å²) in [6.07, 6.45) is 0. The smallest absolute Gasteiger partial charge is 0.319 e. The number of hydrogen-bond donors (Lipinski definition) is 4. The number of hydrogen-bond acceptors (Lipinski definition) is 4. The van der Waals surface area contributed by atoms with E-state index in [4.69, 9.17) is 4.74 Å². The lowest BCUT2D eigenvalue weighted by atomic mass is 9.94. The van der Waals surface area contributed by atoms with Crippen molar-refractivity contribution in [2.75, 3.05) is 11.9 Å². The highest BCUT2D eigenvalue weighted by Crippen LogP contribution is 2.39. The molecule has 0 bridgehead atoms. The van der Waals surface area contributed by atoms with E-state index in [0.717, 1.165) is 11.1 Å². The Morgan fingerprint density at radius 2 is 1.97 bits per heavy atom. The maximum Gasteiger partial charge on any atom is 0.319 e. The summed E-state index contributed by atoms with van der Waals surface area (Å²) >= 11 is 3.32. The lowest BCUT2D eigenvalue weighted by Gasteiger charge is -2.29. The van der Waals surface area contributed by atoms with Crippen LogP contribution in [0.2, 0.25) is 0 Å². The number of carbonyl (C=O) groups is 2. The van der Waals surface area contributed by atoms with E-state index in [1.807, 2.05) is 32.0 Å². The van der Waals surface area contributed by atoms with Gasteiger partial charge in [-0.25, -0.2) is 4.79 Å². The molecule has 0 fully saturated rings. The Morgan fingerprint density at radius 3 is 2.63 bits per heavy atom. The third-order valence-corrected chi connectivity index (χ3v) is 5.43. The van der Waals surface area contributed by atoms with Crippen LogP contribution in [0.1, 0.15) is 36.6 Å². The molecule has 4 N–H and O–H groups in total. The van der Waals surface area contributed by atoms with Crippen molar-refractivity contribution in [3.63, 3.8) is 0 Å². The third-order valence-electron chi connectivity index (χ3n) is 4.83. The number of carbonyl (C=O) groups excluding carboxylic acids is 2. The van der Waals surface area contributed by atoms with Crippen LogP contribution in [0.4, 0.5) is 10.5 Å². The number of anilines is 1. The van der Waals surface area contributed by atoms with Gasteiger partial charge >= 0.3 is 6.03 Å². The van der Waals surface area contributed by atoms with Crippen LogP contribution in [0.25, 0.3) is 0 Å². The summed E-state index contributed by atoms with van der Waals surface area (Å²) in [5, 5.41) is 18.6. The van der Waals surface area contributed by atoms with Crippen LogP contribution in [0.3, 0.4) is 0 Å². The Hall–Kier alpha value is -3.00. The standard InChI is InChI=1S/C22H24BrN3O4/c1-5-30-17-10-14(9-15(23)20(17)27)19-18(13(4)24-22(29)26-19)21(28)25-16-7-6-11(2)8-12(16)3/h6-10,19,27H,5H2,1-4H3,(H,25,28)(H2,24,26,29)/t19-/m1/s1. The Kier molecular flexibility index (Phi) is 6.36. The monoisotopic (exact) mass is 473 g/mol. The molecule has 1 heterocycles. The van der Waals surface area contributed by atoms with Gasteiger partial charge in [-0.1, -0.05) is 17.7 Å². The summed E-state index contributed by atoms with van der Waals surface area (Å²) in [4.78, 5) is 25.4. The van der Waals surface area contributed by atoms with E-state index in [9.17, 15) is 14.7 Å². The maximum absolute atomic E-state index is 13.2. The van der Waals surface area contributed by atoms with Crippen molar-refractivity contribution in [3.8, 4) is 11.5 Å². The van der Waals surface area contributed by atoms with Crippen LogP contribution < -0.4 is 20.7 Å². The molecule has 0 saturated heterocycles. The van der Waals surface area contributed by atoms with Gasteiger partial charge in [0.1, 0.15) is 0 Å². The lowest BCUT2D eigenvalue weighted by Crippen LogP contribution is -2.46. The van der Waals surface area contributed by atoms with Gasteiger partial charge < -0.3 is 25.8 Å². The fourth-order valence-corrected chi connectivity index (χ4v) is 3.87. The van der Waals surface area contributed by atoms with Crippen LogP contribution in [-0.4, -0.2) is 23.7 Å². The molecule has 158 valence electrons. The molecule has 3 amide bonds. The minimum absolute atomic E-state index is 0.0390. The Labute approximate surface area is 183 Å². The summed E-state index contributed by atoms with van der Waals surface area (Å²) in [6.45, 7) is 7.76. The first-order valence-electron chi connectivity index (χ1n) is 9.53. The zero-order valence-corrected chi connectivity index (χ0v) is 18.8. The highest BCUT2D eigenvalue weighted by molar-refractivity contribution is 9.10. The Balaban J connectivity index is 2.02. The number of aromatic hydroxyl groups is 1. The van der Waals surface area contributed by atoms with Crippen LogP contribution >= 0.6 is 15.9 Å². The van der Waals surface area contributed by atoms with Gasteiger partial charge in [0.25, 0.3) is 5.91 Å². The van der Waals surface area contributed by atoms with Crippen LogP contribution in [-0.2, 0) is 4.79 Å². The van der Waals surface area contributed by atoms with E-state index in [-0.39, 0.29) is 17.4 Å². The average molecular weight is 474 g/mol. The third kappa shape index (κ3) is 4.43. The maximum atomic E-state index is 13.2. The number of phenols is 1. The van der Waals surface area contributed by atoms with E-state index < -0.39 is 12.1 Å². The number of benzene rings is 2. The molecule has 1 atom stereocenters. The van der Waals surface area contributed by atoms with E-state index in [0.29, 0.717) is 33.6 Å². The largest absolute Gasteiger partial charge is 0.503 e. The first-order chi connectivity index (χ1) is 14.2. The molecule has 0 aromatic heterocycles.